The number of nitrogens with zero attached hydrogens (tertiary/aromatic N) is 1. The van der Waals surface area contributed by atoms with Gasteiger partial charge in [-0.3, -0.25) is 10.1 Å². The molecule has 0 aliphatic rings. The maximum atomic E-state index is 11.2. The van der Waals surface area contributed by atoms with Gasteiger partial charge >= 0.3 is 5.69 Å². The second-order valence-electron chi connectivity index (χ2n) is 4.31. The normalized spacial score (nSPS) is 11.3. The summed E-state index contributed by atoms with van der Waals surface area (Å²) in [6.45, 7) is 2.63. The van der Waals surface area contributed by atoms with Crippen molar-refractivity contribution in [1.29, 1.82) is 0 Å². The Morgan fingerprint density at radius 3 is 2.65 bits per heavy atom. The number of nitrogens with one attached hydrogen (secondary N) is 1. The Balaban J connectivity index is 2.91. The van der Waals surface area contributed by atoms with Crippen molar-refractivity contribution in [3.05, 3.63) is 28.3 Å². The molecule has 20 heavy (non-hydrogen) atoms. The number of nitro benzene ring substituents is 1. The van der Waals surface area contributed by atoms with Crippen LogP contribution < -0.4 is 5.32 Å². The van der Waals surface area contributed by atoms with Crippen LogP contribution in [-0.4, -0.2) is 37.6 Å². The SMILES string of the molecule is CCCNc1cccc(SCCS(C)(=O)=O)c1[N+](=O)[O-]. The molecule has 0 saturated heterocycles. The van der Waals surface area contributed by atoms with E-state index < -0.39 is 14.8 Å². The Morgan fingerprint density at radius 2 is 2.10 bits per heavy atom. The van der Waals surface area contributed by atoms with Crippen LogP contribution >= 0.6 is 11.8 Å². The molecule has 0 unspecified atom stereocenters. The summed E-state index contributed by atoms with van der Waals surface area (Å²) in [5.41, 5.74) is 0.487. The lowest BCUT2D eigenvalue weighted by atomic mass is 10.2. The predicted molar refractivity (Wildman–Crippen MR) is 82.3 cm³/mol. The van der Waals surface area contributed by atoms with E-state index in [1.165, 1.54) is 11.8 Å². The first-order valence-corrected chi connectivity index (χ1v) is 9.21. The molecule has 1 aromatic rings. The van der Waals surface area contributed by atoms with E-state index in [4.69, 9.17) is 0 Å². The Bertz CT molecular complexity index is 573. The molecule has 112 valence electrons. The maximum Gasteiger partial charge on any atom is 0.305 e. The van der Waals surface area contributed by atoms with Gasteiger partial charge < -0.3 is 5.32 Å². The number of sulfone groups is 1. The van der Waals surface area contributed by atoms with Crippen molar-refractivity contribution < 1.29 is 13.3 Å². The molecule has 0 aliphatic heterocycles. The van der Waals surface area contributed by atoms with E-state index in [-0.39, 0.29) is 11.4 Å². The lowest BCUT2D eigenvalue weighted by molar-refractivity contribution is -0.386. The summed E-state index contributed by atoms with van der Waals surface area (Å²) in [5, 5.41) is 14.2. The van der Waals surface area contributed by atoms with Gasteiger partial charge in [0.1, 0.15) is 15.5 Å². The number of hydrogen-bond acceptors (Lipinski definition) is 6. The van der Waals surface area contributed by atoms with Crippen LogP contribution in [0.25, 0.3) is 0 Å². The highest BCUT2D eigenvalue weighted by atomic mass is 32.2. The zero-order valence-corrected chi connectivity index (χ0v) is 13.1. The summed E-state index contributed by atoms with van der Waals surface area (Å²) >= 11 is 1.19. The van der Waals surface area contributed by atoms with E-state index in [0.717, 1.165) is 12.7 Å². The van der Waals surface area contributed by atoms with Crippen LogP contribution in [0.1, 0.15) is 13.3 Å². The first kappa shape index (κ1) is 16.8. The van der Waals surface area contributed by atoms with Crippen molar-refractivity contribution >= 4 is 33.0 Å². The number of nitro groups is 1. The van der Waals surface area contributed by atoms with Crippen LogP contribution in [0.15, 0.2) is 23.1 Å². The Morgan fingerprint density at radius 1 is 1.40 bits per heavy atom. The minimum absolute atomic E-state index is 0.00143. The van der Waals surface area contributed by atoms with Gasteiger partial charge in [0.2, 0.25) is 0 Å². The molecule has 1 N–H and O–H groups in total. The molecule has 0 saturated carbocycles. The molecule has 0 fully saturated rings. The van der Waals surface area contributed by atoms with Gasteiger partial charge in [0, 0.05) is 18.6 Å². The number of anilines is 1. The van der Waals surface area contributed by atoms with Crippen LogP contribution in [0.3, 0.4) is 0 Å². The standard InChI is InChI=1S/C12H18N2O4S2/c1-3-7-13-10-5-4-6-11(12(10)14(15)16)19-8-9-20(2,17)18/h4-6,13H,3,7-9H2,1-2H3. The van der Waals surface area contributed by atoms with Gasteiger partial charge in [0.15, 0.2) is 0 Å². The van der Waals surface area contributed by atoms with Gasteiger partial charge in [0.05, 0.1) is 15.6 Å². The van der Waals surface area contributed by atoms with Crippen molar-refractivity contribution in [2.75, 3.05) is 29.6 Å². The molecular weight excluding hydrogens is 300 g/mol. The van der Waals surface area contributed by atoms with Crippen LogP contribution in [-0.2, 0) is 9.84 Å². The lowest BCUT2D eigenvalue weighted by Gasteiger charge is -2.09. The summed E-state index contributed by atoms with van der Waals surface area (Å²) in [6.07, 6.45) is 2.02. The van der Waals surface area contributed by atoms with Crippen molar-refractivity contribution in [1.82, 2.24) is 0 Å². The minimum Gasteiger partial charge on any atom is -0.379 e. The van der Waals surface area contributed by atoms with Gasteiger partial charge in [-0.25, -0.2) is 8.42 Å². The number of hydrogen-bond donors (Lipinski definition) is 1. The van der Waals surface area contributed by atoms with Crippen molar-refractivity contribution in [2.24, 2.45) is 0 Å². The number of thioether (sulfide) groups is 1. The molecule has 0 bridgehead atoms. The third-order valence-electron chi connectivity index (χ3n) is 2.46. The quantitative estimate of drug-likeness (QED) is 0.450. The van der Waals surface area contributed by atoms with E-state index in [1.807, 2.05) is 6.92 Å². The van der Waals surface area contributed by atoms with Crippen LogP contribution in [0, 0.1) is 10.1 Å². The van der Waals surface area contributed by atoms with Gasteiger partial charge in [-0.15, -0.1) is 11.8 Å². The summed E-state index contributed by atoms with van der Waals surface area (Å²) in [7, 11) is -3.06. The highest BCUT2D eigenvalue weighted by molar-refractivity contribution is 8.00. The smallest absolute Gasteiger partial charge is 0.305 e. The van der Waals surface area contributed by atoms with E-state index in [2.05, 4.69) is 5.32 Å². The number of benzene rings is 1. The fourth-order valence-corrected chi connectivity index (χ4v) is 3.79. The summed E-state index contributed by atoms with van der Waals surface area (Å²) in [5.74, 6) is 0.304. The fourth-order valence-electron chi connectivity index (χ4n) is 1.53. The molecule has 0 aromatic heterocycles. The fraction of sp³-hybridized carbons (Fsp3) is 0.500. The minimum atomic E-state index is -3.06. The van der Waals surface area contributed by atoms with Crippen LogP contribution in [0.5, 0.6) is 0 Å². The maximum absolute atomic E-state index is 11.2. The highest BCUT2D eigenvalue weighted by Gasteiger charge is 2.19. The molecule has 8 heteroatoms. The highest BCUT2D eigenvalue weighted by Crippen LogP contribution is 2.35. The zero-order chi connectivity index (χ0) is 15.2. The molecule has 6 nitrogen and oxygen atoms in total. The average molecular weight is 318 g/mol. The molecule has 0 spiro atoms. The third-order valence-corrected chi connectivity index (χ3v) is 4.71. The second kappa shape index (κ2) is 7.49. The number of rotatable bonds is 8. The predicted octanol–water partition coefficient (Wildman–Crippen LogP) is 2.55. The van der Waals surface area contributed by atoms with E-state index in [9.17, 15) is 18.5 Å². The van der Waals surface area contributed by atoms with E-state index in [1.54, 1.807) is 18.2 Å². The molecule has 0 radical (unpaired) electrons. The van der Waals surface area contributed by atoms with Gasteiger partial charge in [0.25, 0.3) is 0 Å². The van der Waals surface area contributed by atoms with Gasteiger partial charge in [-0.1, -0.05) is 13.0 Å². The third kappa shape index (κ3) is 5.38. The zero-order valence-electron chi connectivity index (χ0n) is 11.5. The molecule has 0 amide bonds. The first-order valence-electron chi connectivity index (χ1n) is 6.17. The summed E-state index contributed by atoms with van der Waals surface area (Å²) < 4.78 is 22.2. The van der Waals surface area contributed by atoms with E-state index >= 15 is 0 Å². The molecular formula is C12H18N2O4S2. The molecule has 1 aromatic carbocycles. The first-order chi connectivity index (χ1) is 9.35. The van der Waals surface area contributed by atoms with E-state index in [0.29, 0.717) is 22.9 Å². The Labute approximate surface area is 123 Å². The largest absolute Gasteiger partial charge is 0.379 e. The molecule has 0 heterocycles. The van der Waals surface area contributed by atoms with Crippen molar-refractivity contribution in [2.45, 2.75) is 18.2 Å². The number of para-hydroxylation sites is 1. The lowest BCUT2D eigenvalue weighted by Crippen LogP contribution is -2.06. The Kier molecular flexibility index (Phi) is 6.28. The summed E-state index contributed by atoms with van der Waals surface area (Å²) in [6, 6.07) is 5.03. The van der Waals surface area contributed by atoms with Crippen LogP contribution in [0.4, 0.5) is 11.4 Å². The average Bonchev–Trinajstić information content (AvgIpc) is 2.34. The topological polar surface area (TPSA) is 89.3 Å². The van der Waals surface area contributed by atoms with Crippen molar-refractivity contribution in [3.63, 3.8) is 0 Å². The van der Waals surface area contributed by atoms with Crippen LogP contribution in [0.2, 0.25) is 0 Å². The molecule has 1 rings (SSSR count). The Hall–Kier alpha value is -1.28. The second-order valence-corrected chi connectivity index (χ2v) is 7.71. The molecule has 0 aliphatic carbocycles. The monoisotopic (exact) mass is 318 g/mol. The van der Waals surface area contributed by atoms with Gasteiger partial charge in [-0.05, 0) is 18.6 Å². The van der Waals surface area contributed by atoms with Crippen molar-refractivity contribution in [3.8, 4) is 0 Å². The summed E-state index contributed by atoms with van der Waals surface area (Å²) in [4.78, 5) is 11.3. The molecule has 0 atom stereocenters. The van der Waals surface area contributed by atoms with Gasteiger partial charge in [-0.2, -0.15) is 0 Å².